The van der Waals surface area contributed by atoms with Crippen LogP contribution in [0.25, 0.3) is 0 Å². The van der Waals surface area contributed by atoms with Gasteiger partial charge < -0.3 is 9.47 Å². The Morgan fingerprint density at radius 2 is 1.47 bits per heavy atom. The van der Waals surface area contributed by atoms with Crippen molar-refractivity contribution in [3.63, 3.8) is 0 Å². The molecule has 2 amide bonds. The first-order valence-corrected chi connectivity index (χ1v) is 10.3. The zero-order valence-corrected chi connectivity index (χ0v) is 18.4. The van der Waals surface area contributed by atoms with E-state index in [0.29, 0.717) is 22.6 Å². The van der Waals surface area contributed by atoms with Gasteiger partial charge in [0.25, 0.3) is 11.8 Å². The molecule has 0 radical (unpaired) electrons. The van der Waals surface area contributed by atoms with Crippen LogP contribution in [0.5, 0.6) is 5.75 Å². The first-order valence-electron chi connectivity index (χ1n) is 10.3. The highest BCUT2D eigenvalue weighted by Crippen LogP contribution is 2.29. The van der Waals surface area contributed by atoms with Gasteiger partial charge in [-0.05, 0) is 61.5 Å². The summed E-state index contributed by atoms with van der Waals surface area (Å²) in [7, 11) is 1.48. The molecule has 8 nitrogen and oxygen atoms in total. The van der Waals surface area contributed by atoms with Crippen molar-refractivity contribution >= 4 is 35.0 Å². The molecule has 1 heterocycles. The zero-order valence-electron chi connectivity index (χ0n) is 18.4. The van der Waals surface area contributed by atoms with Crippen LogP contribution in [0.3, 0.4) is 0 Å². The van der Waals surface area contributed by atoms with E-state index in [-0.39, 0.29) is 22.5 Å². The molecule has 0 aromatic heterocycles. The number of rotatable bonds is 7. The van der Waals surface area contributed by atoms with Gasteiger partial charge in [0.15, 0.2) is 18.2 Å². The molecule has 0 fully saturated rings. The number of esters is 1. The Bertz CT molecular complexity index is 1340. The maximum Gasteiger partial charge on any atom is 0.338 e. The Labute approximate surface area is 194 Å². The quantitative estimate of drug-likeness (QED) is 0.302. The van der Waals surface area contributed by atoms with Gasteiger partial charge in [0.2, 0.25) is 0 Å². The Morgan fingerprint density at radius 1 is 0.794 bits per heavy atom. The molecular formula is C26H19NO7. The average molecular weight is 457 g/mol. The number of ether oxygens (including phenoxy) is 2. The number of carbonyl (C=O) groups is 5. The maximum absolute atomic E-state index is 12.9. The van der Waals surface area contributed by atoms with Crippen molar-refractivity contribution in [3.05, 3.63) is 94.5 Å². The second kappa shape index (κ2) is 9.11. The first kappa shape index (κ1) is 22.6. The number of anilines is 1. The average Bonchev–Trinajstić information content (AvgIpc) is 3.11. The fourth-order valence-corrected chi connectivity index (χ4v) is 3.54. The SMILES string of the molecule is COc1cccc(C(=O)COC(=O)c2ccc3c(c2)C(=O)N(c2ccc(C(C)=O)cc2)C3=O)c1. The third-order valence-corrected chi connectivity index (χ3v) is 5.38. The Balaban J connectivity index is 1.49. The Hall–Kier alpha value is -4.59. The molecule has 0 atom stereocenters. The van der Waals surface area contributed by atoms with Gasteiger partial charge in [0, 0.05) is 11.1 Å². The molecule has 0 saturated heterocycles. The third-order valence-electron chi connectivity index (χ3n) is 5.38. The topological polar surface area (TPSA) is 107 Å². The molecule has 0 N–H and O–H groups in total. The summed E-state index contributed by atoms with van der Waals surface area (Å²) in [4.78, 5) is 63.0. The van der Waals surface area contributed by atoms with Crippen LogP contribution >= 0.6 is 0 Å². The van der Waals surface area contributed by atoms with Crippen LogP contribution in [0.2, 0.25) is 0 Å². The molecule has 0 unspecified atom stereocenters. The fraction of sp³-hybridized carbons (Fsp3) is 0.115. The van der Waals surface area contributed by atoms with E-state index < -0.39 is 30.2 Å². The monoisotopic (exact) mass is 457 g/mol. The summed E-state index contributed by atoms with van der Waals surface area (Å²) in [6, 6.07) is 16.6. The lowest BCUT2D eigenvalue weighted by molar-refractivity contribution is 0.0474. The number of Topliss-reactive ketones (excluding diaryl/α,β-unsaturated/α-hetero) is 2. The molecule has 3 aromatic carbocycles. The van der Waals surface area contributed by atoms with Gasteiger partial charge in [-0.1, -0.05) is 12.1 Å². The van der Waals surface area contributed by atoms with Gasteiger partial charge in [-0.25, -0.2) is 9.69 Å². The van der Waals surface area contributed by atoms with Crippen molar-refractivity contribution in [2.45, 2.75) is 6.92 Å². The van der Waals surface area contributed by atoms with Crippen LogP contribution in [0, 0.1) is 0 Å². The molecule has 0 aliphatic carbocycles. The summed E-state index contributed by atoms with van der Waals surface area (Å²) >= 11 is 0. The number of amides is 2. The van der Waals surface area contributed by atoms with E-state index in [1.54, 1.807) is 18.2 Å². The van der Waals surface area contributed by atoms with Crippen molar-refractivity contribution in [2.75, 3.05) is 18.6 Å². The van der Waals surface area contributed by atoms with E-state index >= 15 is 0 Å². The number of carbonyl (C=O) groups excluding carboxylic acids is 5. The fourth-order valence-electron chi connectivity index (χ4n) is 3.54. The van der Waals surface area contributed by atoms with E-state index in [2.05, 4.69) is 0 Å². The van der Waals surface area contributed by atoms with Gasteiger partial charge in [-0.15, -0.1) is 0 Å². The number of hydrogen-bond donors (Lipinski definition) is 0. The van der Waals surface area contributed by atoms with Crippen LogP contribution in [0.4, 0.5) is 5.69 Å². The predicted molar refractivity (Wildman–Crippen MR) is 122 cm³/mol. The lowest BCUT2D eigenvalue weighted by Gasteiger charge is -2.13. The summed E-state index contributed by atoms with van der Waals surface area (Å²) in [6.07, 6.45) is 0. The third kappa shape index (κ3) is 4.21. The largest absolute Gasteiger partial charge is 0.497 e. The van der Waals surface area contributed by atoms with Crippen LogP contribution < -0.4 is 9.64 Å². The summed E-state index contributed by atoms with van der Waals surface area (Å²) in [5.74, 6) is -1.99. The molecule has 0 spiro atoms. The van der Waals surface area contributed by atoms with Crippen molar-refractivity contribution < 1.29 is 33.4 Å². The molecular weight excluding hydrogens is 438 g/mol. The van der Waals surface area contributed by atoms with Crippen LogP contribution in [-0.2, 0) is 4.74 Å². The number of hydrogen-bond acceptors (Lipinski definition) is 7. The zero-order chi connectivity index (χ0) is 24.4. The summed E-state index contributed by atoms with van der Waals surface area (Å²) in [5, 5.41) is 0. The first-order chi connectivity index (χ1) is 16.3. The van der Waals surface area contributed by atoms with Crippen molar-refractivity contribution in [3.8, 4) is 5.75 Å². The van der Waals surface area contributed by atoms with E-state index in [0.717, 1.165) is 4.90 Å². The smallest absolute Gasteiger partial charge is 0.338 e. The molecule has 170 valence electrons. The normalized spacial score (nSPS) is 12.4. The number of ketones is 2. The Kier molecular flexibility index (Phi) is 6.05. The van der Waals surface area contributed by atoms with Crippen molar-refractivity contribution in [1.29, 1.82) is 0 Å². The highest BCUT2D eigenvalue weighted by Gasteiger charge is 2.37. The van der Waals surface area contributed by atoms with E-state index in [9.17, 15) is 24.0 Å². The molecule has 1 aliphatic heterocycles. The van der Waals surface area contributed by atoms with Gasteiger partial charge in [-0.3, -0.25) is 19.2 Å². The van der Waals surface area contributed by atoms with Gasteiger partial charge in [0.05, 0.1) is 29.5 Å². The highest BCUT2D eigenvalue weighted by atomic mass is 16.5. The van der Waals surface area contributed by atoms with Gasteiger partial charge in [-0.2, -0.15) is 0 Å². The minimum absolute atomic E-state index is 0.0344. The van der Waals surface area contributed by atoms with Crippen molar-refractivity contribution in [1.82, 2.24) is 0 Å². The summed E-state index contributed by atoms with van der Waals surface area (Å²) in [5.41, 5.74) is 1.32. The van der Waals surface area contributed by atoms with Crippen molar-refractivity contribution in [2.24, 2.45) is 0 Å². The predicted octanol–water partition coefficient (Wildman–Crippen LogP) is 3.74. The van der Waals surface area contributed by atoms with E-state index in [4.69, 9.17) is 9.47 Å². The number of fused-ring (bicyclic) bond motifs is 1. The highest BCUT2D eigenvalue weighted by molar-refractivity contribution is 6.34. The maximum atomic E-state index is 12.9. The van der Waals surface area contributed by atoms with E-state index in [1.807, 2.05) is 0 Å². The van der Waals surface area contributed by atoms with Gasteiger partial charge >= 0.3 is 5.97 Å². The van der Waals surface area contributed by atoms with E-state index in [1.165, 1.54) is 62.6 Å². The number of imide groups is 1. The lowest BCUT2D eigenvalue weighted by Crippen LogP contribution is -2.29. The number of nitrogens with zero attached hydrogens (tertiary/aromatic N) is 1. The molecule has 0 bridgehead atoms. The molecule has 1 aliphatic rings. The second-order valence-electron chi connectivity index (χ2n) is 7.54. The minimum Gasteiger partial charge on any atom is -0.497 e. The number of methoxy groups -OCH3 is 1. The van der Waals surface area contributed by atoms with Crippen LogP contribution in [0.1, 0.15) is 58.7 Å². The van der Waals surface area contributed by atoms with Gasteiger partial charge in [0.1, 0.15) is 5.75 Å². The molecule has 8 heteroatoms. The summed E-state index contributed by atoms with van der Waals surface area (Å²) in [6.45, 7) is 0.923. The standard InChI is InChI=1S/C26H19NO7/c1-15(28)16-6-9-19(10-7-16)27-24(30)21-11-8-18(13-22(21)25(27)31)26(32)34-14-23(29)17-4-3-5-20(12-17)33-2/h3-13H,14H2,1-2H3. The van der Waals surface area contributed by atoms with Crippen LogP contribution in [-0.4, -0.2) is 43.1 Å². The minimum atomic E-state index is -0.802. The molecule has 34 heavy (non-hydrogen) atoms. The summed E-state index contributed by atoms with van der Waals surface area (Å²) < 4.78 is 10.2. The number of benzene rings is 3. The molecule has 4 rings (SSSR count). The lowest BCUT2D eigenvalue weighted by atomic mass is 10.1. The van der Waals surface area contributed by atoms with Crippen LogP contribution in [0.15, 0.2) is 66.7 Å². The second-order valence-corrected chi connectivity index (χ2v) is 7.54. The Morgan fingerprint density at radius 3 is 2.15 bits per heavy atom. The molecule has 0 saturated carbocycles. The molecule has 3 aromatic rings.